The molecule has 1 heterocycles. The van der Waals surface area contributed by atoms with Crippen molar-refractivity contribution < 1.29 is 14.0 Å². The molecule has 1 aromatic heterocycles. The highest BCUT2D eigenvalue weighted by atomic mass is 16.5. The van der Waals surface area contributed by atoms with Crippen LogP contribution >= 0.6 is 0 Å². The van der Waals surface area contributed by atoms with Crippen LogP contribution in [0.5, 0.6) is 5.75 Å². The molecule has 0 saturated heterocycles. The van der Waals surface area contributed by atoms with E-state index in [1.54, 1.807) is 7.11 Å². The number of guanidine groups is 1. The van der Waals surface area contributed by atoms with Crippen molar-refractivity contribution in [3.63, 3.8) is 0 Å². The number of aliphatic imine (C=N–C) groups is 1. The van der Waals surface area contributed by atoms with Crippen LogP contribution in [0.3, 0.4) is 0 Å². The van der Waals surface area contributed by atoms with Crippen molar-refractivity contribution in [3.8, 4) is 5.75 Å². The van der Waals surface area contributed by atoms with Crippen LogP contribution in [0.1, 0.15) is 57.0 Å². The van der Waals surface area contributed by atoms with Gasteiger partial charge in [0.15, 0.2) is 11.8 Å². The minimum absolute atomic E-state index is 0.172. The largest absolute Gasteiger partial charge is 0.493 e. The predicted molar refractivity (Wildman–Crippen MR) is 118 cm³/mol. The quantitative estimate of drug-likeness (QED) is 0.348. The first-order valence-electron chi connectivity index (χ1n) is 10.4. The number of hydrogen-bond acceptors (Lipinski definition) is 6. The Labute approximate surface area is 179 Å². The number of nitrogens with one attached hydrogen (secondary N) is 2. The average molecular weight is 418 g/mol. The standard InChI is InChI=1S/C22H35N5O3/c1-7-23-21(25-15-19-26-20(30-27-19)22(3,4)5)24-14-17-10-9-16(2)13-18(17)29-12-8-11-28-6/h9-10,13H,7-8,11-12,14-15H2,1-6H3,(H2,23,24,25). The lowest BCUT2D eigenvalue weighted by Crippen LogP contribution is -2.37. The maximum atomic E-state index is 5.95. The first-order chi connectivity index (χ1) is 14.3. The van der Waals surface area contributed by atoms with Crippen LogP contribution in [0.4, 0.5) is 0 Å². The lowest BCUT2D eigenvalue weighted by molar-refractivity contribution is 0.172. The number of hydrogen-bond donors (Lipinski definition) is 2. The van der Waals surface area contributed by atoms with E-state index in [9.17, 15) is 0 Å². The van der Waals surface area contributed by atoms with E-state index in [0.29, 0.717) is 44.0 Å². The minimum Gasteiger partial charge on any atom is -0.493 e. The van der Waals surface area contributed by atoms with Crippen molar-refractivity contribution in [2.75, 3.05) is 26.9 Å². The zero-order chi connectivity index (χ0) is 22.0. The van der Waals surface area contributed by atoms with Crippen molar-refractivity contribution in [3.05, 3.63) is 41.0 Å². The highest BCUT2D eigenvalue weighted by Gasteiger charge is 2.21. The third-order valence-electron chi connectivity index (χ3n) is 4.25. The highest BCUT2D eigenvalue weighted by Crippen LogP contribution is 2.22. The predicted octanol–water partition coefficient (Wildman–Crippen LogP) is 3.35. The molecule has 8 nitrogen and oxygen atoms in total. The zero-order valence-electron chi connectivity index (χ0n) is 19.0. The van der Waals surface area contributed by atoms with Gasteiger partial charge in [-0.3, -0.25) is 0 Å². The van der Waals surface area contributed by atoms with Gasteiger partial charge in [0.2, 0.25) is 5.89 Å². The normalized spacial score (nSPS) is 12.1. The van der Waals surface area contributed by atoms with Gasteiger partial charge in [-0.1, -0.05) is 38.1 Å². The minimum atomic E-state index is -0.172. The number of rotatable bonds is 10. The smallest absolute Gasteiger partial charge is 0.232 e. The molecule has 8 heteroatoms. The Hall–Kier alpha value is -2.61. The Balaban J connectivity index is 2.02. The molecule has 0 aliphatic carbocycles. The molecule has 2 rings (SSSR count). The molecular formula is C22H35N5O3. The van der Waals surface area contributed by atoms with Gasteiger partial charge in [-0.15, -0.1) is 0 Å². The lowest BCUT2D eigenvalue weighted by Gasteiger charge is -2.13. The van der Waals surface area contributed by atoms with Crippen LogP contribution in [0.25, 0.3) is 0 Å². The molecule has 0 aliphatic heterocycles. The fourth-order valence-corrected chi connectivity index (χ4v) is 2.61. The van der Waals surface area contributed by atoms with Crippen LogP contribution in [0, 0.1) is 6.92 Å². The highest BCUT2D eigenvalue weighted by molar-refractivity contribution is 5.79. The van der Waals surface area contributed by atoms with Crippen molar-refractivity contribution in [2.45, 2.75) is 59.5 Å². The van der Waals surface area contributed by atoms with Crippen LogP contribution in [-0.4, -0.2) is 43.0 Å². The summed E-state index contributed by atoms with van der Waals surface area (Å²) in [7, 11) is 1.70. The summed E-state index contributed by atoms with van der Waals surface area (Å²) in [5.41, 5.74) is 2.01. The van der Waals surface area contributed by atoms with Crippen molar-refractivity contribution in [1.82, 2.24) is 20.8 Å². The Kier molecular flexibility index (Phi) is 9.11. The van der Waals surface area contributed by atoms with Crippen molar-refractivity contribution in [2.24, 2.45) is 4.99 Å². The molecule has 0 bridgehead atoms. The lowest BCUT2D eigenvalue weighted by atomic mass is 9.97. The molecule has 0 aliphatic rings. The van der Waals surface area contributed by atoms with E-state index in [-0.39, 0.29) is 5.41 Å². The first-order valence-corrected chi connectivity index (χ1v) is 10.4. The van der Waals surface area contributed by atoms with Crippen LogP contribution in [0.15, 0.2) is 27.7 Å². The van der Waals surface area contributed by atoms with E-state index in [0.717, 1.165) is 29.8 Å². The molecule has 0 unspecified atom stereocenters. The molecular weight excluding hydrogens is 382 g/mol. The maximum absolute atomic E-state index is 5.95. The summed E-state index contributed by atoms with van der Waals surface area (Å²) in [5.74, 6) is 2.77. The van der Waals surface area contributed by atoms with Gasteiger partial charge in [0.05, 0.1) is 19.7 Å². The topological polar surface area (TPSA) is 93.8 Å². The molecule has 166 valence electrons. The Morgan fingerprint density at radius 3 is 2.67 bits per heavy atom. The summed E-state index contributed by atoms with van der Waals surface area (Å²) in [6.45, 7) is 13.2. The van der Waals surface area contributed by atoms with Gasteiger partial charge in [-0.2, -0.15) is 4.98 Å². The summed E-state index contributed by atoms with van der Waals surface area (Å²) in [6, 6.07) is 6.18. The van der Waals surface area contributed by atoms with Crippen molar-refractivity contribution in [1.29, 1.82) is 0 Å². The van der Waals surface area contributed by atoms with Crippen LogP contribution in [-0.2, 0) is 23.2 Å². The van der Waals surface area contributed by atoms with Crippen LogP contribution < -0.4 is 15.4 Å². The van der Waals surface area contributed by atoms with Crippen molar-refractivity contribution >= 4 is 5.96 Å². The molecule has 2 aromatic rings. The van der Waals surface area contributed by atoms with Gasteiger partial charge >= 0.3 is 0 Å². The number of nitrogens with zero attached hydrogens (tertiary/aromatic N) is 3. The SMILES string of the molecule is CCNC(=NCc1ccc(C)cc1OCCCOC)NCc1noc(C(C)(C)C)n1. The Bertz CT molecular complexity index is 811. The average Bonchev–Trinajstić information content (AvgIpc) is 3.18. The Morgan fingerprint density at radius 1 is 1.20 bits per heavy atom. The molecule has 0 saturated carbocycles. The first kappa shape index (κ1) is 23.7. The fraction of sp³-hybridized carbons (Fsp3) is 0.591. The van der Waals surface area contributed by atoms with Gasteiger partial charge < -0.3 is 24.6 Å². The molecule has 0 fully saturated rings. The fourth-order valence-electron chi connectivity index (χ4n) is 2.61. The third kappa shape index (κ3) is 7.67. The summed E-state index contributed by atoms with van der Waals surface area (Å²) >= 11 is 0. The number of benzene rings is 1. The number of aromatic nitrogens is 2. The summed E-state index contributed by atoms with van der Waals surface area (Å²) in [6.07, 6.45) is 0.846. The van der Waals surface area contributed by atoms with E-state index in [1.807, 2.05) is 33.8 Å². The van der Waals surface area contributed by atoms with Crippen LogP contribution in [0.2, 0.25) is 0 Å². The molecule has 30 heavy (non-hydrogen) atoms. The molecule has 0 spiro atoms. The molecule has 0 atom stereocenters. The second-order valence-electron chi connectivity index (χ2n) is 8.12. The van der Waals surface area contributed by atoms with Gasteiger partial charge in [-0.05, 0) is 25.5 Å². The second-order valence-corrected chi connectivity index (χ2v) is 8.12. The van der Waals surface area contributed by atoms with E-state index >= 15 is 0 Å². The maximum Gasteiger partial charge on any atom is 0.232 e. The van der Waals surface area contributed by atoms with Gasteiger partial charge in [0, 0.05) is 37.7 Å². The number of aryl methyl sites for hydroxylation is 1. The van der Waals surface area contributed by atoms with Gasteiger partial charge in [0.1, 0.15) is 5.75 Å². The second kappa shape index (κ2) is 11.5. The Morgan fingerprint density at radius 2 is 2.00 bits per heavy atom. The van der Waals surface area contributed by atoms with Gasteiger partial charge in [0.25, 0.3) is 0 Å². The monoisotopic (exact) mass is 417 g/mol. The molecule has 1 aromatic carbocycles. The molecule has 0 radical (unpaired) electrons. The summed E-state index contributed by atoms with van der Waals surface area (Å²) in [4.78, 5) is 9.14. The van der Waals surface area contributed by atoms with E-state index in [2.05, 4.69) is 39.8 Å². The summed E-state index contributed by atoms with van der Waals surface area (Å²) in [5, 5.41) is 10.5. The van der Waals surface area contributed by atoms with E-state index in [1.165, 1.54) is 0 Å². The van der Waals surface area contributed by atoms with E-state index < -0.39 is 0 Å². The third-order valence-corrected chi connectivity index (χ3v) is 4.25. The summed E-state index contributed by atoms with van der Waals surface area (Å²) < 4.78 is 16.4. The number of methoxy groups -OCH3 is 1. The molecule has 0 amide bonds. The molecule has 2 N–H and O–H groups in total. The number of ether oxygens (including phenoxy) is 2. The van der Waals surface area contributed by atoms with E-state index in [4.69, 9.17) is 19.0 Å². The van der Waals surface area contributed by atoms with Gasteiger partial charge in [-0.25, -0.2) is 4.99 Å². The zero-order valence-corrected chi connectivity index (χ0v) is 19.0.